The van der Waals surface area contributed by atoms with E-state index in [-0.39, 0.29) is 0 Å². The van der Waals surface area contributed by atoms with Crippen LogP contribution >= 0.6 is 11.8 Å². The largest absolute Gasteiger partial charge is 0.313 e. The number of thioether (sulfide) groups is 1. The number of sulfone groups is 1. The molecule has 0 saturated heterocycles. The Hall–Kier alpha value is 0.260. The summed E-state index contributed by atoms with van der Waals surface area (Å²) >= 11 is 1.94. The fraction of sp³-hybridized carbons (Fsp3) is 1.00. The van der Waals surface area contributed by atoms with E-state index in [9.17, 15) is 8.42 Å². The van der Waals surface area contributed by atoms with Crippen molar-refractivity contribution < 1.29 is 8.42 Å². The molecule has 0 aliphatic heterocycles. The topological polar surface area (TPSA) is 46.2 Å². The Kier molecular flexibility index (Phi) is 6.89. The first-order valence-electron chi connectivity index (χ1n) is 6.54. The second kappa shape index (κ2) is 7.64. The summed E-state index contributed by atoms with van der Waals surface area (Å²) < 4.78 is 23.1. The van der Waals surface area contributed by atoms with E-state index in [1.165, 1.54) is 25.7 Å². The molecule has 0 aromatic carbocycles. The van der Waals surface area contributed by atoms with E-state index < -0.39 is 9.84 Å². The van der Waals surface area contributed by atoms with Crippen LogP contribution in [0.5, 0.6) is 0 Å². The summed E-state index contributed by atoms with van der Waals surface area (Å²) in [6.07, 6.45) is 7.86. The van der Waals surface area contributed by atoms with Crippen molar-refractivity contribution in [2.75, 3.05) is 24.3 Å². The van der Waals surface area contributed by atoms with Crippen molar-refractivity contribution in [2.45, 2.75) is 50.3 Å². The highest BCUT2D eigenvalue weighted by Gasteiger charge is 2.21. The first kappa shape index (κ1) is 15.3. The highest BCUT2D eigenvalue weighted by Crippen LogP contribution is 2.26. The molecule has 0 aromatic heterocycles. The van der Waals surface area contributed by atoms with E-state index in [0.29, 0.717) is 24.1 Å². The third-order valence-electron chi connectivity index (χ3n) is 3.32. The van der Waals surface area contributed by atoms with Gasteiger partial charge in [0.2, 0.25) is 0 Å². The summed E-state index contributed by atoms with van der Waals surface area (Å²) in [5.74, 6) is 0.619. The molecule has 2 unspecified atom stereocenters. The minimum Gasteiger partial charge on any atom is -0.313 e. The van der Waals surface area contributed by atoms with E-state index in [2.05, 4.69) is 11.6 Å². The molecule has 1 rings (SSSR count). The first-order chi connectivity index (χ1) is 8.07. The van der Waals surface area contributed by atoms with Gasteiger partial charge in [-0.3, -0.25) is 0 Å². The Labute approximate surface area is 110 Å². The Balaban J connectivity index is 2.22. The lowest BCUT2D eigenvalue weighted by Crippen LogP contribution is -2.37. The molecule has 5 heteroatoms. The number of hydrogen-bond donors (Lipinski definition) is 1. The molecule has 0 heterocycles. The average Bonchev–Trinajstić information content (AvgIpc) is 2.29. The van der Waals surface area contributed by atoms with Gasteiger partial charge < -0.3 is 5.32 Å². The van der Waals surface area contributed by atoms with Crippen LogP contribution in [0, 0.1) is 0 Å². The quantitative estimate of drug-likeness (QED) is 0.775. The molecular weight excluding hydrogens is 254 g/mol. The molecule has 2 atom stereocenters. The molecule has 3 nitrogen and oxygen atoms in total. The van der Waals surface area contributed by atoms with E-state index in [0.717, 1.165) is 11.7 Å². The number of rotatable bonds is 7. The van der Waals surface area contributed by atoms with Crippen molar-refractivity contribution in [1.29, 1.82) is 0 Å². The molecule has 0 amide bonds. The van der Waals surface area contributed by atoms with E-state index >= 15 is 0 Å². The lowest BCUT2D eigenvalue weighted by Gasteiger charge is -2.28. The molecule has 1 N–H and O–H groups in total. The number of nitrogens with one attached hydrogen (secondary N) is 1. The standard InChI is InChI=1S/C12H25NO2S2/c1-3-8-17(14,15)9-7-13-11-5-4-6-12(10-11)16-2/h11-13H,3-10H2,1-2H3. The Morgan fingerprint density at radius 3 is 2.71 bits per heavy atom. The van der Waals surface area contributed by atoms with E-state index in [4.69, 9.17) is 0 Å². The van der Waals surface area contributed by atoms with Crippen molar-refractivity contribution >= 4 is 21.6 Å². The summed E-state index contributed by atoms with van der Waals surface area (Å²) in [6.45, 7) is 2.53. The molecule has 1 saturated carbocycles. The zero-order chi connectivity index (χ0) is 12.7. The predicted octanol–water partition coefficient (Wildman–Crippen LogP) is 2.07. The maximum atomic E-state index is 11.5. The summed E-state index contributed by atoms with van der Waals surface area (Å²) in [4.78, 5) is 0. The third kappa shape index (κ3) is 6.11. The molecule has 1 aliphatic carbocycles. The highest BCUT2D eigenvalue weighted by atomic mass is 32.2. The van der Waals surface area contributed by atoms with Gasteiger partial charge in [-0.2, -0.15) is 11.8 Å². The van der Waals surface area contributed by atoms with Crippen LogP contribution in [0.15, 0.2) is 0 Å². The van der Waals surface area contributed by atoms with Gasteiger partial charge in [-0.15, -0.1) is 0 Å². The second-order valence-electron chi connectivity index (χ2n) is 4.83. The van der Waals surface area contributed by atoms with Gasteiger partial charge in [-0.25, -0.2) is 8.42 Å². The summed E-state index contributed by atoms with van der Waals surface area (Å²) in [5.41, 5.74) is 0. The van der Waals surface area contributed by atoms with Gasteiger partial charge in [0.15, 0.2) is 9.84 Å². The zero-order valence-electron chi connectivity index (χ0n) is 10.9. The van der Waals surface area contributed by atoms with Crippen LogP contribution in [0.25, 0.3) is 0 Å². The van der Waals surface area contributed by atoms with Crippen molar-refractivity contribution in [3.63, 3.8) is 0 Å². The summed E-state index contributed by atoms with van der Waals surface area (Å²) in [6, 6.07) is 0.526. The van der Waals surface area contributed by atoms with Crippen LogP contribution in [0.4, 0.5) is 0 Å². The van der Waals surface area contributed by atoms with Crippen LogP contribution in [-0.4, -0.2) is 44.0 Å². The van der Waals surface area contributed by atoms with Crippen LogP contribution in [0.3, 0.4) is 0 Å². The molecule has 0 aromatic rings. The van der Waals surface area contributed by atoms with Gasteiger partial charge in [0.1, 0.15) is 0 Å². The molecular formula is C12H25NO2S2. The lowest BCUT2D eigenvalue weighted by molar-refractivity contribution is 0.388. The molecule has 0 radical (unpaired) electrons. The van der Waals surface area contributed by atoms with E-state index in [1.807, 2.05) is 18.7 Å². The van der Waals surface area contributed by atoms with Crippen LogP contribution < -0.4 is 5.32 Å². The summed E-state index contributed by atoms with van der Waals surface area (Å²) in [7, 11) is -2.82. The molecule has 0 bridgehead atoms. The maximum absolute atomic E-state index is 11.5. The zero-order valence-corrected chi connectivity index (χ0v) is 12.6. The third-order valence-corrected chi connectivity index (χ3v) is 6.27. The smallest absolute Gasteiger partial charge is 0.151 e. The Morgan fingerprint density at radius 1 is 1.29 bits per heavy atom. The molecule has 1 fully saturated rings. The van der Waals surface area contributed by atoms with Gasteiger partial charge in [0.05, 0.1) is 5.75 Å². The van der Waals surface area contributed by atoms with Gasteiger partial charge in [0, 0.05) is 23.6 Å². The van der Waals surface area contributed by atoms with Crippen molar-refractivity contribution in [3.05, 3.63) is 0 Å². The normalized spacial score (nSPS) is 26.0. The SMILES string of the molecule is CCCS(=O)(=O)CCNC1CCCC(SC)C1. The Bertz CT molecular complexity index is 304. The predicted molar refractivity (Wildman–Crippen MR) is 76.5 cm³/mol. The van der Waals surface area contributed by atoms with Crippen LogP contribution in [-0.2, 0) is 9.84 Å². The highest BCUT2D eigenvalue weighted by molar-refractivity contribution is 7.99. The van der Waals surface area contributed by atoms with Crippen molar-refractivity contribution in [1.82, 2.24) is 5.32 Å². The lowest BCUT2D eigenvalue weighted by atomic mass is 9.95. The van der Waals surface area contributed by atoms with Gasteiger partial charge in [-0.1, -0.05) is 13.3 Å². The monoisotopic (exact) mass is 279 g/mol. The minimum absolute atomic E-state index is 0.293. The number of hydrogen-bond acceptors (Lipinski definition) is 4. The average molecular weight is 279 g/mol. The fourth-order valence-corrected chi connectivity index (χ4v) is 4.46. The minimum atomic E-state index is -2.82. The van der Waals surface area contributed by atoms with Gasteiger partial charge in [-0.05, 0) is 31.9 Å². The first-order valence-corrected chi connectivity index (χ1v) is 9.65. The van der Waals surface area contributed by atoms with Crippen LogP contribution in [0.2, 0.25) is 0 Å². The molecule has 1 aliphatic rings. The molecule has 102 valence electrons. The summed E-state index contributed by atoms with van der Waals surface area (Å²) in [5, 5.41) is 4.17. The molecule has 17 heavy (non-hydrogen) atoms. The van der Waals surface area contributed by atoms with Crippen LogP contribution in [0.1, 0.15) is 39.0 Å². The van der Waals surface area contributed by atoms with Gasteiger partial charge >= 0.3 is 0 Å². The van der Waals surface area contributed by atoms with Crippen molar-refractivity contribution in [3.8, 4) is 0 Å². The molecule has 0 spiro atoms. The Morgan fingerprint density at radius 2 is 2.06 bits per heavy atom. The fourth-order valence-electron chi connectivity index (χ4n) is 2.38. The maximum Gasteiger partial charge on any atom is 0.151 e. The second-order valence-corrected chi connectivity index (χ2v) is 8.27. The van der Waals surface area contributed by atoms with E-state index in [1.54, 1.807) is 0 Å². The van der Waals surface area contributed by atoms with Gasteiger partial charge in [0.25, 0.3) is 0 Å². The van der Waals surface area contributed by atoms with Crippen molar-refractivity contribution in [2.24, 2.45) is 0 Å².